The summed E-state index contributed by atoms with van der Waals surface area (Å²) in [5.74, 6) is 0.0967. The molecule has 2 aromatic rings. The van der Waals surface area contributed by atoms with Gasteiger partial charge in [-0.1, -0.05) is 36.4 Å². The van der Waals surface area contributed by atoms with E-state index < -0.39 is 0 Å². The van der Waals surface area contributed by atoms with Crippen molar-refractivity contribution in [2.75, 3.05) is 26.2 Å². The first-order valence-electron chi connectivity index (χ1n) is 8.36. The van der Waals surface area contributed by atoms with E-state index in [4.69, 9.17) is 0 Å². The van der Waals surface area contributed by atoms with E-state index in [9.17, 15) is 4.79 Å². The van der Waals surface area contributed by atoms with Gasteiger partial charge in [0.1, 0.15) is 0 Å². The number of hydrogen-bond donors (Lipinski definition) is 2. The maximum Gasteiger partial charge on any atom is 0.234 e. The molecule has 2 aromatic carbocycles. The molecule has 4 nitrogen and oxygen atoms in total. The summed E-state index contributed by atoms with van der Waals surface area (Å²) in [6.07, 6.45) is 0. The molecule has 1 amide bonds. The summed E-state index contributed by atoms with van der Waals surface area (Å²) in [4.78, 5) is 14.6. The van der Waals surface area contributed by atoms with E-state index in [2.05, 4.69) is 52.8 Å². The maximum atomic E-state index is 12.3. The fourth-order valence-corrected chi connectivity index (χ4v) is 3.15. The van der Waals surface area contributed by atoms with E-state index in [1.54, 1.807) is 0 Å². The minimum absolute atomic E-state index is 0.0188. The Labute approximate surface area is 137 Å². The lowest BCUT2D eigenvalue weighted by Crippen LogP contribution is -2.52. The number of amides is 1. The lowest BCUT2D eigenvalue weighted by Gasteiger charge is -2.33. The summed E-state index contributed by atoms with van der Waals surface area (Å²) >= 11 is 0. The number of fused-ring (bicyclic) bond motifs is 1. The van der Waals surface area contributed by atoms with Gasteiger partial charge in [0.25, 0.3) is 0 Å². The summed E-state index contributed by atoms with van der Waals surface area (Å²) in [5, 5.41) is 8.91. The first kappa shape index (κ1) is 16.0. The molecule has 1 aliphatic heterocycles. The van der Waals surface area contributed by atoms with Crippen molar-refractivity contribution in [1.29, 1.82) is 0 Å². The Bertz CT molecular complexity index is 685. The zero-order chi connectivity index (χ0) is 16.2. The molecule has 0 spiro atoms. The van der Waals surface area contributed by atoms with Gasteiger partial charge in [0.15, 0.2) is 0 Å². The van der Waals surface area contributed by atoms with Crippen LogP contribution in [0, 0.1) is 0 Å². The molecule has 2 atom stereocenters. The summed E-state index contributed by atoms with van der Waals surface area (Å²) in [6.45, 7) is 7.51. The third kappa shape index (κ3) is 3.89. The van der Waals surface area contributed by atoms with Gasteiger partial charge < -0.3 is 10.6 Å². The summed E-state index contributed by atoms with van der Waals surface area (Å²) in [6, 6.07) is 15.1. The molecular formula is C19H25N3O. The van der Waals surface area contributed by atoms with E-state index in [1.807, 2.05) is 19.1 Å². The van der Waals surface area contributed by atoms with Crippen molar-refractivity contribution in [3.8, 4) is 0 Å². The van der Waals surface area contributed by atoms with E-state index in [-0.39, 0.29) is 11.9 Å². The Morgan fingerprint density at radius 3 is 2.87 bits per heavy atom. The topological polar surface area (TPSA) is 44.4 Å². The van der Waals surface area contributed by atoms with Crippen LogP contribution in [0.5, 0.6) is 0 Å². The number of rotatable bonds is 4. The van der Waals surface area contributed by atoms with Gasteiger partial charge in [0.05, 0.1) is 12.6 Å². The van der Waals surface area contributed by atoms with Gasteiger partial charge in [-0.2, -0.15) is 0 Å². The SMILES string of the molecule is CC(NC(=O)CN1CCNC[C@H]1C)c1ccc2ccccc2c1. The molecule has 122 valence electrons. The van der Waals surface area contributed by atoms with Crippen LogP contribution in [-0.4, -0.2) is 43.0 Å². The zero-order valence-corrected chi connectivity index (χ0v) is 13.9. The number of nitrogens with one attached hydrogen (secondary N) is 2. The van der Waals surface area contributed by atoms with Gasteiger partial charge in [0.2, 0.25) is 5.91 Å². The van der Waals surface area contributed by atoms with Crippen LogP contribution in [0.25, 0.3) is 10.8 Å². The van der Waals surface area contributed by atoms with E-state index >= 15 is 0 Å². The van der Waals surface area contributed by atoms with E-state index in [0.29, 0.717) is 12.6 Å². The van der Waals surface area contributed by atoms with Crippen LogP contribution >= 0.6 is 0 Å². The van der Waals surface area contributed by atoms with Crippen LogP contribution in [0.15, 0.2) is 42.5 Å². The first-order valence-corrected chi connectivity index (χ1v) is 8.36. The van der Waals surface area contributed by atoms with Gasteiger partial charge in [-0.15, -0.1) is 0 Å². The lowest BCUT2D eigenvalue weighted by molar-refractivity contribution is -0.123. The molecule has 0 bridgehead atoms. The second-order valence-corrected chi connectivity index (χ2v) is 6.42. The smallest absolute Gasteiger partial charge is 0.234 e. The Balaban J connectivity index is 1.62. The minimum atomic E-state index is 0.0188. The number of hydrogen-bond acceptors (Lipinski definition) is 3. The molecule has 23 heavy (non-hydrogen) atoms. The second kappa shape index (κ2) is 7.11. The average molecular weight is 311 g/mol. The molecule has 1 unspecified atom stereocenters. The molecule has 3 rings (SSSR count). The molecule has 1 aliphatic rings. The number of benzene rings is 2. The predicted molar refractivity (Wildman–Crippen MR) is 94.4 cm³/mol. The van der Waals surface area contributed by atoms with Gasteiger partial charge in [-0.3, -0.25) is 9.69 Å². The highest BCUT2D eigenvalue weighted by atomic mass is 16.2. The Morgan fingerprint density at radius 2 is 2.09 bits per heavy atom. The van der Waals surface area contributed by atoms with Crippen molar-refractivity contribution in [1.82, 2.24) is 15.5 Å². The minimum Gasteiger partial charge on any atom is -0.348 e. The fraction of sp³-hybridized carbons (Fsp3) is 0.421. The molecule has 0 aliphatic carbocycles. The van der Waals surface area contributed by atoms with Crippen molar-refractivity contribution in [2.45, 2.75) is 25.9 Å². The van der Waals surface area contributed by atoms with Crippen LogP contribution in [0.3, 0.4) is 0 Å². The Kier molecular flexibility index (Phi) is 4.94. The molecule has 1 saturated heterocycles. The molecule has 0 saturated carbocycles. The van der Waals surface area contributed by atoms with E-state index in [1.165, 1.54) is 10.8 Å². The fourth-order valence-electron chi connectivity index (χ4n) is 3.15. The molecule has 2 N–H and O–H groups in total. The van der Waals surface area contributed by atoms with E-state index in [0.717, 1.165) is 25.2 Å². The molecule has 0 aromatic heterocycles. The highest BCUT2D eigenvalue weighted by Gasteiger charge is 2.21. The number of carbonyl (C=O) groups excluding carboxylic acids is 1. The van der Waals surface area contributed by atoms with Gasteiger partial charge in [0, 0.05) is 25.7 Å². The Hall–Kier alpha value is -1.91. The van der Waals surface area contributed by atoms with Crippen molar-refractivity contribution < 1.29 is 4.79 Å². The first-order chi connectivity index (χ1) is 11.1. The third-order valence-corrected chi connectivity index (χ3v) is 4.64. The largest absolute Gasteiger partial charge is 0.348 e. The van der Waals surface area contributed by atoms with Crippen molar-refractivity contribution >= 4 is 16.7 Å². The van der Waals surface area contributed by atoms with Crippen LogP contribution in [-0.2, 0) is 4.79 Å². The molecular weight excluding hydrogens is 286 g/mol. The Morgan fingerprint density at radius 1 is 1.30 bits per heavy atom. The molecule has 4 heteroatoms. The van der Waals surface area contributed by atoms with Crippen molar-refractivity contribution in [3.05, 3.63) is 48.0 Å². The monoisotopic (exact) mass is 311 g/mol. The number of carbonyl (C=O) groups is 1. The lowest BCUT2D eigenvalue weighted by atomic mass is 10.0. The summed E-state index contributed by atoms with van der Waals surface area (Å²) in [7, 11) is 0. The van der Waals surface area contributed by atoms with Crippen LogP contribution < -0.4 is 10.6 Å². The number of piperazine rings is 1. The van der Waals surface area contributed by atoms with Crippen LogP contribution in [0.2, 0.25) is 0 Å². The highest BCUT2D eigenvalue weighted by Crippen LogP contribution is 2.20. The van der Waals surface area contributed by atoms with Crippen LogP contribution in [0.4, 0.5) is 0 Å². The molecule has 1 fully saturated rings. The third-order valence-electron chi connectivity index (χ3n) is 4.64. The molecule has 0 radical (unpaired) electrons. The maximum absolute atomic E-state index is 12.3. The molecule has 1 heterocycles. The predicted octanol–water partition coefficient (Wildman–Crippen LogP) is 2.31. The highest BCUT2D eigenvalue weighted by molar-refractivity contribution is 5.83. The van der Waals surface area contributed by atoms with Crippen LogP contribution in [0.1, 0.15) is 25.5 Å². The number of nitrogens with zero attached hydrogens (tertiary/aromatic N) is 1. The second-order valence-electron chi connectivity index (χ2n) is 6.42. The zero-order valence-electron chi connectivity index (χ0n) is 13.9. The quantitative estimate of drug-likeness (QED) is 0.911. The average Bonchev–Trinajstić information content (AvgIpc) is 2.56. The van der Waals surface area contributed by atoms with Gasteiger partial charge in [-0.25, -0.2) is 0 Å². The normalized spacial score (nSPS) is 20.3. The van der Waals surface area contributed by atoms with Gasteiger partial charge >= 0.3 is 0 Å². The van der Waals surface area contributed by atoms with Crippen molar-refractivity contribution in [3.63, 3.8) is 0 Å². The van der Waals surface area contributed by atoms with Gasteiger partial charge in [-0.05, 0) is 36.2 Å². The summed E-state index contributed by atoms with van der Waals surface area (Å²) in [5.41, 5.74) is 1.14. The standard InChI is InChI=1S/C19H25N3O/c1-14-12-20-9-10-22(14)13-19(23)21-15(2)17-8-7-16-5-3-4-6-18(16)11-17/h3-8,11,14-15,20H,9-10,12-13H2,1-2H3,(H,21,23)/t14-,15?/m1/s1. The summed E-state index contributed by atoms with van der Waals surface area (Å²) < 4.78 is 0. The van der Waals surface area contributed by atoms with Crippen molar-refractivity contribution in [2.24, 2.45) is 0 Å².